The van der Waals surface area contributed by atoms with Crippen molar-refractivity contribution in [3.8, 4) is 0 Å². The lowest BCUT2D eigenvalue weighted by Gasteiger charge is -2.29. The molecule has 19 heavy (non-hydrogen) atoms. The maximum atomic E-state index is 12.2. The van der Waals surface area contributed by atoms with Gasteiger partial charge in [0.25, 0.3) is 0 Å². The molecular formula is C10H14Cl2N4O2S. The van der Waals surface area contributed by atoms with E-state index in [9.17, 15) is 8.42 Å². The maximum absolute atomic E-state index is 12.2. The van der Waals surface area contributed by atoms with Crippen molar-refractivity contribution in [2.24, 2.45) is 5.92 Å². The van der Waals surface area contributed by atoms with Crippen LogP contribution in [0.4, 0.5) is 5.69 Å². The van der Waals surface area contributed by atoms with Crippen molar-refractivity contribution in [2.75, 3.05) is 17.8 Å². The third-order valence-electron chi connectivity index (χ3n) is 3.07. The predicted molar refractivity (Wildman–Crippen MR) is 74.6 cm³/mol. The van der Waals surface area contributed by atoms with E-state index in [-0.39, 0.29) is 16.0 Å². The summed E-state index contributed by atoms with van der Waals surface area (Å²) >= 11 is 11.6. The molecule has 0 unspecified atom stereocenters. The molecule has 0 aromatic carbocycles. The Morgan fingerprint density at radius 3 is 2.32 bits per heavy atom. The van der Waals surface area contributed by atoms with Crippen LogP contribution in [0.2, 0.25) is 10.3 Å². The van der Waals surface area contributed by atoms with Crippen molar-refractivity contribution in [3.63, 3.8) is 0 Å². The Balaban J connectivity index is 2.17. The number of nitrogens with zero attached hydrogens (tertiary/aromatic N) is 3. The predicted octanol–water partition coefficient (Wildman–Crippen LogP) is 2.17. The average molecular weight is 325 g/mol. The number of nitrogens with one attached hydrogen (secondary N) is 1. The van der Waals surface area contributed by atoms with Gasteiger partial charge in [-0.1, -0.05) is 30.1 Å². The largest absolute Gasteiger partial charge is 0.301 e. The quantitative estimate of drug-likeness (QED) is 0.864. The second-order valence-corrected chi connectivity index (χ2v) is 6.91. The first-order valence-corrected chi connectivity index (χ1v) is 8.03. The van der Waals surface area contributed by atoms with Gasteiger partial charge in [-0.05, 0) is 18.8 Å². The fourth-order valence-corrected chi connectivity index (χ4v) is 3.64. The summed E-state index contributed by atoms with van der Waals surface area (Å²) in [7, 11) is -3.67. The summed E-state index contributed by atoms with van der Waals surface area (Å²) < 4.78 is 28.1. The van der Waals surface area contributed by atoms with Gasteiger partial charge in [-0.15, -0.1) is 0 Å². The highest BCUT2D eigenvalue weighted by molar-refractivity contribution is 7.90. The van der Waals surface area contributed by atoms with Gasteiger partial charge in [0, 0.05) is 13.1 Å². The molecule has 2 heterocycles. The van der Waals surface area contributed by atoms with Crippen molar-refractivity contribution < 1.29 is 8.42 Å². The Bertz CT molecular complexity index is 538. The average Bonchev–Trinajstić information content (AvgIpc) is 2.35. The van der Waals surface area contributed by atoms with Gasteiger partial charge in [0.2, 0.25) is 0 Å². The van der Waals surface area contributed by atoms with Crippen LogP contribution in [0.25, 0.3) is 0 Å². The van der Waals surface area contributed by atoms with Gasteiger partial charge < -0.3 is 0 Å². The summed E-state index contributed by atoms with van der Waals surface area (Å²) in [6.45, 7) is 3.08. The number of anilines is 1. The van der Waals surface area contributed by atoms with Gasteiger partial charge in [0.15, 0.2) is 10.3 Å². The first-order chi connectivity index (χ1) is 8.90. The molecule has 2 rings (SSSR count). The summed E-state index contributed by atoms with van der Waals surface area (Å²) in [5, 5.41) is -0.0390. The lowest BCUT2D eigenvalue weighted by Crippen LogP contribution is -2.41. The van der Waals surface area contributed by atoms with Gasteiger partial charge >= 0.3 is 10.2 Å². The highest BCUT2D eigenvalue weighted by Gasteiger charge is 2.27. The van der Waals surface area contributed by atoms with Crippen molar-refractivity contribution in [2.45, 2.75) is 19.8 Å². The molecular weight excluding hydrogens is 311 g/mol. The van der Waals surface area contributed by atoms with Gasteiger partial charge in [-0.25, -0.2) is 9.97 Å². The zero-order valence-corrected chi connectivity index (χ0v) is 12.6. The van der Waals surface area contributed by atoms with E-state index < -0.39 is 10.2 Å². The van der Waals surface area contributed by atoms with Crippen molar-refractivity contribution >= 4 is 39.1 Å². The smallest absolute Gasteiger partial charge is 0.265 e. The van der Waals surface area contributed by atoms with Crippen molar-refractivity contribution in [1.82, 2.24) is 14.3 Å². The van der Waals surface area contributed by atoms with Crippen LogP contribution in [0.1, 0.15) is 19.8 Å². The van der Waals surface area contributed by atoms with Crippen LogP contribution in [0.3, 0.4) is 0 Å². The zero-order chi connectivity index (χ0) is 14.0. The summed E-state index contributed by atoms with van der Waals surface area (Å²) in [4.78, 5) is 7.41. The lowest BCUT2D eigenvalue weighted by atomic mass is 10.0. The minimum atomic E-state index is -3.67. The summed E-state index contributed by atoms with van der Waals surface area (Å²) in [5.74, 6) is 0.540. The van der Waals surface area contributed by atoms with Crippen LogP contribution in [-0.2, 0) is 10.2 Å². The third kappa shape index (κ3) is 3.47. The Kier molecular flexibility index (Phi) is 4.50. The lowest BCUT2D eigenvalue weighted by molar-refractivity contribution is 0.289. The minimum Gasteiger partial charge on any atom is -0.265 e. The van der Waals surface area contributed by atoms with E-state index in [0.29, 0.717) is 19.0 Å². The number of hydrogen-bond donors (Lipinski definition) is 1. The molecule has 6 nitrogen and oxygen atoms in total. The van der Waals surface area contributed by atoms with Gasteiger partial charge in [0.05, 0.1) is 0 Å². The summed E-state index contributed by atoms with van der Waals surface area (Å²) in [6.07, 6.45) is 2.85. The van der Waals surface area contributed by atoms with Gasteiger partial charge in [-0.2, -0.15) is 12.7 Å². The van der Waals surface area contributed by atoms with Gasteiger partial charge in [0.1, 0.15) is 12.0 Å². The van der Waals surface area contributed by atoms with Crippen LogP contribution in [0.15, 0.2) is 6.33 Å². The van der Waals surface area contributed by atoms with E-state index in [4.69, 9.17) is 23.2 Å². The van der Waals surface area contributed by atoms with E-state index in [1.165, 1.54) is 10.6 Å². The Hall–Kier alpha value is -0.630. The third-order valence-corrected chi connectivity index (χ3v) is 5.15. The van der Waals surface area contributed by atoms with Crippen LogP contribution in [0.5, 0.6) is 0 Å². The minimum absolute atomic E-state index is 0.0180. The molecule has 9 heteroatoms. The van der Waals surface area contributed by atoms with E-state index in [2.05, 4.69) is 21.6 Å². The molecule has 0 saturated carbocycles. The molecule has 0 amide bonds. The first kappa shape index (κ1) is 14.8. The fraction of sp³-hybridized carbons (Fsp3) is 0.600. The SMILES string of the molecule is CC1CCN(S(=O)(=O)Nc2c(Cl)ncnc2Cl)CC1. The molecule has 0 aliphatic carbocycles. The highest BCUT2D eigenvalue weighted by Crippen LogP contribution is 2.28. The maximum Gasteiger partial charge on any atom is 0.301 e. The van der Waals surface area contributed by atoms with E-state index in [1.807, 2.05) is 0 Å². The number of hydrogen-bond acceptors (Lipinski definition) is 4. The fourth-order valence-electron chi connectivity index (χ4n) is 1.85. The molecule has 1 aliphatic rings. The Morgan fingerprint density at radius 1 is 1.26 bits per heavy atom. The van der Waals surface area contributed by atoms with Crippen LogP contribution < -0.4 is 4.72 Å². The molecule has 1 fully saturated rings. The molecule has 106 valence electrons. The Labute approximate surface area is 122 Å². The molecule has 0 radical (unpaired) electrons. The molecule has 0 atom stereocenters. The summed E-state index contributed by atoms with van der Waals surface area (Å²) in [5.41, 5.74) is 0.0180. The van der Waals surface area contributed by atoms with E-state index >= 15 is 0 Å². The number of aromatic nitrogens is 2. The van der Waals surface area contributed by atoms with Crippen molar-refractivity contribution in [3.05, 3.63) is 16.6 Å². The van der Waals surface area contributed by atoms with E-state index in [0.717, 1.165) is 12.8 Å². The van der Waals surface area contributed by atoms with Crippen LogP contribution in [-0.4, -0.2) is 35.8 Å². The zero-order valence-electron chi connectivity index (χ0n) is 10.3. The monoisotopic (exact) mass is 324 g/mol. The molecule has 0 spiro atoms. The topological polar surface area (TPSA) is 75.2 Å². The van der Waals surface area contributed by atoms with Crippen molar-refractivity contribution in [1.29, 1.82) is 0 Å². The second-order valence-electron chi connectivity index (χ2n) is 4.52. The highest BCUT2D eigenvalue weighted by atomic mass is 35.5. The van der Waals surface area contributed by atoms with Crippen LogP contribution >= 0.6 is 23.2 Å². The molecule has 1 aromatic heterocycles. The molecule has 1 aromatic rings. The van der Waals surface area contributed by atoms with Crippen LogP contribution in [0, 0.1) is 5.92 Å². The number of piperidine rings is 1. The molecule has 1 N–H and O–H groups in total. The summed E-state index contributed by atoms with van der Waals surface area (Å²) in [6, 6.07) is 0. The number of halogens is 2. The first-order valence-electron chi connectivity index (χ1n) is 5.84. The normalized spacial score (nSPS) is 18.5. The van der Waals surface area contributed by atoms with Gasteiger partial charge in [-0.3, -0.25) is 4.72 Å². The number of rotatable bonds is 3. The molecule has 1 saturated heterocycles. The Morgan fingerprint density at radius 2 is 1.79 bits per heavy atom. The van der Waals surface area contributed by atoms with E-state index in [1.54, 1.807) is 0 Å². The molecule has 0 bridgehead atoms. The molecule has 1 aliphatic heterocycles. The standard InChI is InChI=1S/C10H14Cl2N4O2S/c1-7-2-4-16(5-3-7)19(17,18)15-8-9(11)13-6-14-10(8)12/h6-7,15H,2-5H2,1H3. The second kappa shape index (κ2) is 5.78.